The highest BCUT2D eigenvalue weighted by atomic mass is 32.2. The molecule has 11 heteroatoms. The van der Waals surface area contributed by atoms with Crippen molar-refractivity contribution in [3.8, 4) is 0 Å². The van der Waals surface area contributed by atoms with Crippen LogP contribution in [0.3, 0.4) is 0 Å². The van der Waals surface area contributed by atoms with Crippen LogP contribution in [0.2, 0.25) is 0 Å². The highest BCUT2D eigenvalue weighted by Crippen LogP contribution is 2.26. The van der Waals surface area contributed by atoms with Crippen molar-refractivity contribution in [3.63, 3.8) is 0 Å². The number of nitrogens with two attached hydrogens (primary N) is 1. The Morgan fingerprint density at radius 1 is 1.07 bits per heavy atom. The molecule has 1 aromatic carbocycles. The molecular weight excluding hydrogens is 410 g/mol. The Morgan fingerprint density at radius 2 is 1.70 bits per heavy atom. The first kappa shape index (κ1) is 20.4. The summed E-state index contributed by atoms with van der Waals surface area (Å²) in [6.07, 6.45) is 0. The lowest BCUT2D eigenvalue weighted by Crippen LogP contribution is -2.43. The molecule has 1 aliphatic heterocycles. The van der Waals surface area contributed by atoms with E-state index >= 15 is 0 Å². The van der Waals surface area contributed by atoms with Crippen LogP contribution in [0.4, 0.5) is 0 Å². The van der Waals surface area contributed by atoms with Crippen LogP contribution >= 0.6 is 11.3 Å². The van der Waals surface area contributed by atoms with Crippen LogP contribution in [0.15, 0.2) is 51.6 Å². The van der Waals surface area contributed by atoms with Gasteiger partial charge in [0.15, 0.2) is 0 Å². The Bertz CT molecular complexity index is 951. The molecule has 3 N–H and O–H groups in total. The molecule has 148 valence electrons. The number of nitrogens with one attached hydrogen (secondary N) is 1. The van der Waals surface area contributed by atoms with Gasteiger partial charge in [0, 0.05) is 24.5 Å². The fourth-order valence-corrected chi connectivity index (χ4v) is 5.27. The number of thiophene rings is 1. The third-order valence-electron chi connectivity index (χ3n) is 4.29. The van der Waals surface area contributed by atoms with Gasteiger partial charge in [0.1, 0.15) is 0 Å². The van der Waals surface area contributed by atoms with Gasteiger partial charge in [-0.15, -0.1) is 11.3 Å². The van der Waals surface area contributed by atoms with E-state index < -0.39 is 20.0 Å². The number of benzene rings is 1. The zero-order chi connectivity index (χ0) is 19.5. The van der Waals surface area contributed by atoms with E-state index in [-0.39, 0.29) is 22.4 Å². The van der Waals surface area contributed by atoms with E-state index in [2.05, 4.69) is 9.62 Å². The minimum absolute atomic E-state index is 0.0122. The molecule has 1 aromatic heterocycles. The maximum Gasteiger partial charge on any atom is 0.240 e. The molecule has 3 rings (SSSR count). The van der Waals surface area contributed by atoms with Gasteiger partial charge in [-0.25, -0.2) is 26.7 Å². The minimum atomic E-state index is -3.87. The van der Waals surface area contributed by atoms with E-state index in [4.69, 9.17) is 9.88 Å². The maximum absolute atomic E-state index is 12.6. The number of rotatable bonds is 7. The zero-order valence-corrected chi connectivity index (χ0v) is 16.9. The molecule has 0 spiro atoms. The molecule has 0 saturated carbocycles. The second-order valence-corrected chi connectivity index (χ2v) is 10.4. The van der Waals surface area contributed by atoms with Crippen molar-refractivity contribution < 1.29 is 21.6 Å². The molecule has 0 amide bonds. The van der Waals surface area contributed by atoms with Crippen LogP contribution in [0.1, 0.15) is 10.9 Å². The molecular formula is C16H21N3O5S3. The monoisotopic (exact) mass is 431 g/mol. The molecule has 2 aromatic rings. The van der Waals surface area contributed by atoms with E-state index in [1.54, 1.807) is 11.3 Å². The van der Waals surface area contributed by atoms with Crippen molar-refractivity contribution in [1.29, 1.82) is 0 Å². The SMILES string of the molecule is NS(=O)(=O)c1ccc(S(=O)(=O)NC[C@H](c2cccs2)N2CCOCC2)cc1. The zero-order valence-electron chi connectivity index (χ0n) is 14.4. The number of morpholine rings is 1. The van der Waals surface area contributed by atoms with Crippen molar-refractivity contribution in [2.24, 2.45) is 5.14 Å². The third kappa shape index (κ3) is 5.13. The lowest BCUT2D eigenvalue weighted by molar-refractivity contribution is 0.0179. The van der Waals surface area contributed by atoms with Crippen LogP contribution in [0.5, 0.6) is 0 Å². The van der Waals surface area contributed by atoms with Crippen LogP contribution in [-0.2, 0) is 24.8 Å². The average Bonchev–Trinajstić information content (AvgIpc) is 3.16. The molecule has 1 saturated heterocycles. The number of ether oxygens (including phenoxy) is 1. The van der Waals surface area contributed by atoms with Crippen LogP contribution in [0.25, 0.3) is 0 Å². The summed E-state index contributed by atoms with van der Waals surface area (Å²) in [5, 5.41) is 7.01. The van der Waals surface area contributed by atoms with Gasteiger partial charge in [0.05, 0.1) is 29.0 Å². The van der Waals surface area contributed by atoms with E-state index in [1.807, 2.05) is 17.5 Å². The first-order valence-electron chi connectivity index (χ1n) is 8.25. The predicted octanol–water partition coefficient (Wildman–Crippen LogP) is 0.747. The van der Waals surface area contributed by atoms with E-state index in [0.717, 1.165) is 18.0 Å². The molecule has 1 atom stereocenters. The van der Waals surface area contributed by atoms with Crippen LogP contribution < -0.4 is 9.86 Å². The van der Waals surface area contributed by atoms with Gasteiger partial charge in [0.25, 0.3) is 0 Å². The first-order chi connectivity index (χ1) is 12.8. The summed E-state index contributed by atoms with van der Waals surface area (Å²) < 4.78 is 55.9. The minimum Gasteiger partial charge on any atom is -0.379 e. The van der Waals surface area contributed by atoms with Gasteiger partial charge >= 0.3 is 0 Å². The molecule has 1 fully saturated rings. The molecule has 1 aliphatic rings. The second kappa shape index (κ2) is 8.35. The Morgan fingerprint density at radius 3 is 2.26 bits per heavy atom. The summed E-state index contributed by atoms with van der Waals surface area (Å²) >= 11 is 1.58. The van der Waals surface area contributed by atoms with Crippen LogP contribution in [0, 0.1) is 0 Å². The quantitative estimate of drug-likeness (QED) is 0.668. The summed E-state index contributed by atoms with van der Waals surface area (Å²) in [6.45, 7) is 2.90. The molecule has 0 radical (unpaired) electrons. The molecule has 27 heavy (non-hydrogen) atoms. The third-order valence-corrected chi connectivity index (χ3v) is 7.63. The number of primary sulfonamides is 1. The molecule has 0 bridgehead atoms. The lowest BCUT2D eigenvalue weighted by Gasteiger charge is -2.34. The van der Waals surface area contributed by atoms with Crippen molar-refractivity contribution >= 4 is 31.4 Å². The van der Waals surface area contributed by atoms with Gasteiger partial charge in [-0.3, -0.25) is 4.90 Å². The Balaban J connectivity index is 1.75. The summed E-state index contributed by atoms with van der Waals surface area (Å²) in [7, 11) is -7.65. The first-order valence-corrected chi connectivity index (χ1v) is 12.2. The topological polar surface area (TPSA) is 119 Å². The van der Waals surface area contributed by atoms with E-state index in [0.29, 0.717) is 13.2 Å². The summed E-state index contributed by atoms with van der Waals surface area (Å²) in [4.78, 5) is 3.12. The Hall–Kier alpha value is -1.34. The van der Waals surface area contributed by atoms with Crippen molar-refractivity contribution in [3.05, 3.63) is 46.7 Å². The number of sulfonamides is 2. The van der Waals surface area contributed by atoms with Crippen molar-refractivity contribution in [1.82, 2.24) is 9.62 Å². The second-order valence-electron chi connectivity index (χ2n) is 6.05. The summed E-state index contributed by atoms with van der Waals surface area (Å²) in [6, 6.07) is 8.67. The Labute approximate surface area is 163 Å². The average molecular weight is 432 g/mol. The van der Waals surface area contributed by atoms with Gasteiger partial charge in [0.2, 0.25) is 20.0 Å². The highest BCUT2D eigenvalue weighted by molar-refractivity contribution is 7.89. The van der Waals surface area contributed by atoms with Gasteiger partial charge in [-0.05, 0) is 35.7 Å². The molecule has 0 aliphatic carbocycles. The highest BCUT2D eigenvalue weighted by Gasteiger charge is 2.26. The summed E-state index contributed by atoms with van der Waals surface area (Å²) in [5.74, 6) is 0. The van der Waals surface area contributed by atoms with E-state index in [9.17, 15) is 16.8 Å². The van der Waals surface area contributed by atoms with E-state index in [1.165, 1.54) is 24.3 Å². The normalized spacial score (nSPS) is 17.7. The fraction of sp³-hybridized carbons (Fsp3) is 0.375. The smallest absolute Gasteiger partial charge is 0.240 e. The number of hydrogen-bond acceptors (Lipinski definition) is 7. The standard InChI is InChI=1S/C16H21N3O5S3/c17-26(20,21)13-3-5-14(6-4-13)27(22,23)18-12-15(16-2-1-11-25-16)19-7-9-24-10-8-19/h1-6,11,15,18H,7-10,12H2,(H2,17,20,21)/t15-/m1/s1. The lowest BCUT2D eigenvalue weighted by atomic mass is 10.2. The van der Waals surface area contributed by atoms with Gasteiger partial charge < -0.3 is 4.74 Å². The summed E-state index contributed by atoms with van der Waals surface area (Å²) in [5.41, 5.74) is 0. The van der Waals surface area contributed by atoms with Crippen molar-refractivity contribution in [2.45, 2.75) is 15.8 Å². The molecule has 8 nitrogen and oxygen atoms in total. The van der Waals surface area contributed by atoms with Crippen LogP contribution in [-0.4, -0.2) is 54.6 Å². The number of hydrogen-bond donors (Lipinski definition) is 2. The maximum atomic E-state index is 12.6. The largest absolute Gasteiger partial charge is 0.379 e. The molecule has 2 heterocycles. The predicted molar refractivity (Wildman–Crippen MR) is 102 cm³/mol. The van der Waals surface area contributed by atoms with Gasteiger partial charge in [-0.2, -0.15) is 0 Å². The number of nitrogens with zero attached hydrogens (tertiary/aromatic N) is 1. The fourth-order valence-electron chi connectivity index (χ4n) is 2.86. The Kier molecular flexibility index (Phi) is 6.31. The molecule has 0 unspecified atom stereocenters. The van der Waals surface area contributed by atoms with Crippen molar-refractivity contribution in [2.75, 3.05) is 32.8 Å². The van der Waals surface area contributed by atoms with Gasteiger partial charge in [-0.1, -0.05) is 6.07 Å².